The highest BCUT2D eigenvalue weighted by atomic mass is 16.6. The van der Waals surface area contributed by atoms with Crippen LogP contribution >= 0.6 is 0 Å². The molecule has 1 aliphatic rings. The molecule has 4 aromatic rings. The zero-order valence-corrected chi connectivity index (χ0v) is 17.8. The maximum absolute atomic E-state index is 10.8. The van der Waals surface area contributed by atoms with Crippen LogP contribution in [0.4, 0.5) is 5.82 Å². The smallest absolute Gasteiger partial charge is 0.415 e. The van der Waals surface area contributed by atoms with Gasteiger partial charge in [-0.25, -0.2) is 0 Å². The Balaban J connectivity index is 1.23. The molecule has 2 aromatic carbocycles. The van der Waals surface area contributed by atoms with Crippen molar-refractivity contribution in [2.75, 3.05) is 6.61 Å². The van der Waals surface area contributed by atoms with Gasteiger partial charge in [0.1, 0.15) is 24.3 Å². The number of hydrogen-bond acceptors (Lipinski definition) is 9. The second-order valence-corrected chi connectivity index (χ2v) is 7.89. The highest BCUT2D eigenvalue weighted by Gasteiger charge is 2.41. The molecular weight excluding hydrogens is 430 g/mol. The molecule has 0 unspecified atom stereocenters. The predicted molar refractivity (Wildman–Crippen MR) is 114 cm³/mol. The fraction of sp³-hybridized carbons (Fsp3) is 0.238. The largest absolute Gasteiger partial charge is 0.489 e. The molecule has 0 N–H and O–H groups in total. The average molecular weight is 449 g/mol. The summed E-state index contributed by atoms with van der Waals surface area (Å²) in [6.07, 6.45) is 1.36. The van der Waals surface area contributed by atoms with E-state index in [0.717, 1.165) is 5.56 Å². The van der Waals surface area contributed by atoms with E-state index in [-0.39, 0.29) is 24.4 Å². The third kappa shape index (κ3) is 4.18. The number of nitro groups is 1. The second-order valence-electron chi connectivity index (χ2n) is 7.89. The van der Waals surface area contributed by atoms with Gasteiger partial charge in [0.15, 0.2) is 5.60 Å². The Morgan fingerprint density at radius 3 is 2.58 bits per heavy atom. The van der Waals surface area contributed by atoms with Crippen molar-refractivity contribution in [3.05, 3.63) is 70.4 Å². The zero-order chi connectivity index (χ0) is 23.0. The van der Waals surface area contributed by atoms with E-state index >= 15 is 0 Å². The van der Waals surface area contributed by atoms with E-state index in [9.17, 15) is 10.1 Å². The van der Waals surface area contributed by atoms with Gasteiger partial charge in [-0.15, -0.1) is 0 Å². The minimum Gasteiger partial charge on any atom is -0.489 e. The Bertz CT molecular complexity index is 1270. The van der Waals surface area contributed by atoms with Crippen LogP contribution in [0.5, 0.6) is 23.5 Å². The summed E-state index contributed by atoms with van der Waals surface area (Å²) in [6, 6.07) is 15.2. The molecule has 0 fully saturated rings. The van der Waals surface area contributed by atoms with Gasteiger partial charge in [0.05, 0.1) is 12.2 Å². The molecule has 0 saturated carbocycles. The van der Waals surface area contributed by atoms with E-state index in [1.807, 2.05) is 38.1 Å². The third-order valence-electron chi connectivity index (χ3n) is 5.05. The summed E-state index contributed by atoms with van der Waals surface area (Å²) < 4.78 is 20.6. The molecule has 3 heterocycles. The first-order valence-electron chi connectivity index (χ1n) is 10.1. The predicted octanol–water partition coefficient (Wildman–Crippen LogP) is 3.10. The molecule has 0 bridgehead atoms. The number of rotatable bonds is 7. The normalized spacial score (nSPS) is 16.8. The molecule has 2 aromatic heterocycles. The fourth-order valence-corrected chi connectivity index (χ4v) is 3.39. The van der Waals surface area contributed by atoms with Gasteiger partial charge in [-0.3, -0.25) is 4.57 Å². The minimum atomic E-state index is -0.693. The summed E-state index contributed by atoms with van der Waals surface area (Å²) in [5.41, 5.74) is 1.13. The van der Waals surface area contributed by atoms with Crippen molar-refractivity contribution >= 4 is 5.82 Å². The summed E-state index contributed by atoms with van der Waals surface area (Å²) >= 11 is 0. The lowest BCUT2D eigenvalue weighted by molar-refractivity contribution is -0.389. The van der Waals surface area contributed by atoms with Crippen molar-refractivity contribution in [1.82, 2.24) is 29.8 Å². The molecule has 0 spiro atoms. The monoisotopic (exact) mass is 449 g/mol. The lowest BCUT2D eigenvalue weighted by Crippen LogP contribution is -2.38. The number of aromatic nitrogens is 6. The van der Waals surface area contributed by atoms with Crippen LogP contribution in [-0.2, 0) is 6.54 Å². The van der Waals surface area contributed by atoms with E-state index in [4.69, 9.17) is 14.2 Å². The molecule has 0 amide bonds. The number of benzene rings is 2. The van der Waals surface area contributed by atoms with Gasteiger partial charge in [-0.05, 0) is 65.6 Å². The Labute approximate surface area is 187 Å². The molecule has 12 heteroatoms. The molecule has 1 atom stereocenters. The van der Waals surface area contributed by atoms with E-state index < -0.39 is 10.5 Å². The third-order valence-corrected chi connectivity index (χ3v) is 5.05. The molecule has 33 heavy (non-hydrogen) atoms. The zero-order valence-electron chi connectivity index (χ0n) is 17.8. The molecule has 0 aliphatic carbocycles. The average Bonchev–Trinajstić information content (AvgIpc) is 3.48. The number of aryl methyl sites for hydroxylation is 1. The van der Waals surface area contributed by atoms with Gasteiger partial charge >= 0.3 is 17.8 Å². The molecule has 0 radical (unpaired) electrons. The quantitative estimate of drug-likeness (QED) is 0.308. The van der Waals surface area contributed by atoms with Crippen LogP contribution in [0.1, 0.15) is 12.5 Å². The molecular formula is C21H19N7O5. The van der Waals surface area contributed by atoms with Gasteiger partial charge in [0.2, 0.25) is 0 Å². The summed E-state index contributed by atoms with van der Waals surface area (Å²) in [7, 11) is 0. The first kappa shape index (κ1) is 20.4. The fourth-order valence-electron chi connectivity index (χ4n) is 3.39. The Morgan fingerprint density at radius 2 is 1.88 bits per heavy atom. The van der Waals surface area contributed by atoms with Gasteiger partial charge in [0.25, 0.3) is 0 Å². The van der Waals surface area contributed by atoms with E-state index in [0.29, 0.717) is 23.7 Å². The summed E-state index contributed by atoms with van der Waals surface area (Å²) in [5, 5.41) is 22.5. The van der Waals surface area contributed by atoms with Crippen LogP contribution < -0.4 is 14.2 Å². The Morgan fingerprint density at radius 1 is 1.15 bits per heavy atom. The number of ether oxygens (including phenoxy) is 3. The summed E-state index contributed by atoms with van der Waals surface area (Å²) in [4.78, 5) is 14.2. The Kier molecular flexibility index (Phi) is 4.89. The number of hydrogen-bond donors (Lipinski definition) is 0. The second kappa shape index (κ2) is 7.89. The van der Waals surface area contributed by atoms with Crippen LogP contribution in [0, 0.1) is 17.0 Å². The van der Waals surface area contributed by atoms with Gasteiger partial charge in [-0.1, -0.05) is 22.8 Å². The van der Waals surface area contributed by atoms with Gasteiger partial charge < -0.3 is 24.3 Å². The highest BCUT2D eigenvalue weighted by molar-refractivity contribution is 5.38. The molecule has 5 rings (SSSR count). The van der Waals surface area contributed by atoms with Crippen molar-refractivity contribution in [2.24, 2.45) is 0 Å². The molecule has 1 aliphatic heterocycles. The van der Waals surface area contributed by atoms with Crippen molar-refractivity contribution in [2.45, 2.75) is 26.0 Å². The van der Waals surface area contributed by atoms with Gasteiger partial charge in [0, 0.05) is 4.98 Å². The maximum atomic E-state index is 10.8. The van der Waals surface area contributed by atoms with E-state index in [1.54, 1.807) is 28.8 Å². The molecule has 12 nitrogen and oxygen atoms in total. The van der Waals surface area contributed by atoms with Crippen LogP contribution in [0.15, 0.2) is 54.7 Å². The van der Waals surface area contributed by atoms with Crippen LogP contribution in [0.3, 0.4) is 0 Å². The number of imidazole rings is 1. The number of tetrazole rings is 1. The van der Waals surface area contributed by atoms with Gasteiger partial charge in [-0.2, -0.15) is 4.68 Å². The lowest BCUT2D eigenvalue weighted by Gasteiger charge is -2.22. The number of fused-ring (bicyclic) bond motifs is 1. The van der Waals surface area contributed by atoms with Crippen LogP contribution in [-0.4, -0.2) is 46.9 Å². The number of nitrogens with zero attached hydrogens (tertiary/aromatic N) is 7. The minimum absolute atomic E-state index is 0.211. The SMILES string of the molecule is Cc1ccc(Oc2nnnn2-c2ccc(OC[C@]3(C)Cn4cc([N+](=O)[O-])nc4O3)cc2)cc1. The van der Waals surface area contributed by atoms with E-state index in [2.05, 4.69) is 20.5 Å². The van der Waals surface area contributed by atoms with Crippen molar-refractivity contribution in [1.29, 1.82) is 0 Å². The standard InChI is InChI=1S/C21H19N7O5/c1-14-3-7-17(8-4-14)32-20-23-24-25-27(20)15-5-9-16(10-6-15)31-13-21(2)12-26-11-18(28(29)30)22-19(26)33-21/h3-11H,12-13H2,1-2H3/t21-/m0/s1. The summed E-state index contributed by atoms with van der Waals surface area (Å²) in [5.74, 6) is 1.01. The molecule has 168 valence electrons. The molecule has 0 saturated heterocycles. The maximum Gasteiger partial charge on any atom is 0.415 e. The van der Waals surface area contributed by atoms with E-state index in [1.165, 1.54) is 10.9 Å². The first-order chi connectivity index (χ1) is 15.9. The van der Waals surface area contributed by atoms with Crippen LogP contribution in [0.2, 0.25) is 0 Å². The highest BCUT2D eigenvalue weighted by Crippen LogP contribution is 2.31. The van der Waals surface area contributed by atoms with Crippen molar-refractivity contribution in [3.8, 4) is 29.2 Å². The Hall–Kier alpha value is -4.48. The summed E-state index contributed by atoms with van der Waals surface area (Å²) in [6.45, 7) is 4.48. The van der Waals surface area contributed by atoms with Crippen LogP contribution in [0.25, 0.3) is 5.69 Å². The van der Waals surface area contributed by atoms with Crippen molar-refractivity contribution in [3.63, 3.8) is 0 Å². The lowest BCUT2D eigenvalue weighted by atomic mass is 10.1. The topological polar surface area (TPSA) is 132 Å². The van der Waals surface area contributed by atoms with Crippen molar-refractivity contribution < 1.29 is 19.1 Å². The first-order valence-corrected chi connectivity index (χ1v) is 10.1.